The van der Waals surface area contributed by atoms with E-state index < -0.39 is 5.41 Å². The van der Waals surface area contributed by atoms with Gasteiger partial charge in [-0.3, -0.25) is 0 Å². The normalized spacial score (nSPS) is 16.9. The van der Waals surface area contributed by atoms with E-state index in [9.17, 15) is 0 Å². The van der Waals surface area contributed by atoms with Gasteiger partial charge in [0.2, 0.25) is 0 Å². The monoisotopic (exact) mass is 241 g/mol. The van der Waals surface area contributed by atoms with Gasteiger partial charge in [-0.05, 0) is 25.0 Å². The van der Waals surface area contributed by atoms with E-state index in [-0.39, 0.29) is 0 Å². The summed E-state index contributed by atoms with van der Waals surface area (Å²) in [5, 5.41) is 10.1. The average Bonchev–Trinajstić information content (AvgIpc) is 2.97. The number of ether oxygens (including phenoxy) is 1. The van der Waals surface area contributed by atoms with Crippen molar-refractivity contribution in [3.63, 3.8) is 0 Å². The van der Waals surface area contributed by atoms with Crippen LogP contribution in [0.15, 0.2) is 12.1 Å². The van der Waals surface area contributed by atoms with Crippen LogP contribution in [-0.4, -0.2) is 7.11 Å². The van der Waals surface area contributed by atoms with Crippen molar-refractivity contribution in [3.8, 4) is 11.8 Å². The SMILES string of the molecule is COc1cc(Cl)c(C2(C#N)CC2)c(Cl)c1. The predicted molar refractivity (Wildman–Crippen MR) is 59.5 cm³/mol. The largest absolute Gasteiger partial charge is 0.497 e. The first-order valence-corrected chi connectivity index (χ1v) is 5.33. The third-order valence-electron chi connectivity index (χ3n) is 2.69. The number of halogens is 2. The molecular weight excluding hydrogens is 233 g/mol. The molecule has 0 amide bonds. The van der Waals surface area contributed by atoms with Crippen molar-refractivity contribution in [3.05, 3.63) is 27.7 Å². The summed E-state index contributed by atoms with van der Waals surface area (Å²) < 4.78 is 5.05. The highest BCUT2D eigenvalue weighted by atomic mass is 35.5. The number of hydrogen-bond acceptors (Lipinski definition) is 2. The van der Waals surface area contributed by atoms with Crippen LogP contribution in [0, 0.1) is 11.3 Å². The summed E-state index contributed by atoms with van der Waals surface area (Å²) in [6.45, 7) is 0. The summed E-state index contributed by atoms with van der Waals surface area (Å²) >= 11 is 12.2. The van der Waals surface area contributed by atoms with Gasteiger partial charge in [-0.15, -0.1) is 0 Å². The van der Waals surface area contributed by atoms with Crippen molar-refractivity contribution in [1.29, 1.82) is 5.26 Å². The molecule has 0 radical (unpaired) electrons. The van der Waals surface area contributed by atoms with Gasteiger partial charge in [-0.25, -0.2) is 0 Å². The van der Waals surface area contributed by atoms with E-state index in [2.05, 4.69) is 6.07 Å². The third kappa shape index (κ3) is 1.67. The van der Waals surface area contributed by atoms with Gasteiger partial charge in [0.05, 0.1) is 28.6 Å². The quantitative estimate of drug-likeness (QED) is 0.794. The highest BCUT2D eigenvalue weighted by Gasteiger charge is 2.47. The van der Waals surface area contributed by atoms with Crippen LogP contribution >= 0.6 is 23.2 Å². The molecule has 0 aromatic heterocycles. The molecule has 1 fully saturated rings. The van der Waals surface area contributed by atoms with Crippen LogP contribution in [0.1, 0.15) is 18.4 Å². The van der Waals surface area contributed by atoms with Crippen molar-refractivity contribution in [2.24, 2.45) is 0 Å². The number of nitriles is 1. The summed E-state index contributed by atoms with van der Waals surface area (Å²) in [4.78, 5) is 0. The zero-order valence-corrected chi connectivity index (χ0v) is 9.69. The lowest BCUT2D eigenvalue weighted by Crippen LogP contribution is -2.04. The van der Waals surface area contributed by atoms with Gasteiger partial charge in [0.15, 0.2) is 0 Å². The Morgan fingerprint density at radius 2 is 1.87 bits per heavy atom. The molecule has 1 aliphatic rings. The molecule has 0 spiro atoms. The van der Waals surface area contributed by atoms with Crippen molar-refractivity contribution in [2.75, 3.05) is 7.11 Å². The first kappa shape index (κ1) is 10.6. The number of rotatable bonds is 2. The van der Waals surface area contributed by atoms with E-state index in [1.807, 2.05) is 0 Å². The highest BCUT2D eigenvalue weighted by molar-refractivity contribution is 6.36. The maximum Gasteiger partial charge on any atom is 0.121 e. The first-order chi connectivity index (χ1) is 7.13. The Morgan fingerprint density at radius 3 is 2.20 bits per heavy atom. The molecule has 0 unspecified atom stereocenters. The Labute approximate surface area is 98.4 Å². The van der Waals surface area contributed by atoms with Crippen LogP contribution in [-0.2, 0) is 5.41 Å². The molecule has 0 aliphatic heterocycles. The second-order valence-electron chi connectivity index (χ2n) is 3.66. The Bertz CT molecular complexity index is 423. The molecule has 78 valence electrons. The number of benzene rings is 1. The van der Waals surface area contributed by atoms with Gasteiger partial charge >= 0.3 is 0 Å². The number of nitrogens with zero attached hydrogens (tertiary/aromatic N) is 1. The van der Waals surface area contributed by atoms with Crippen LogP contribution in [0.4, 0.5) is 0 Å². The molecule has 0 bridgehead atoms. The Balaban J connectivity index is 2.54. The van der Waals surface area contributed by atoms with Gasteiger partial charge < -0.3 is 4.74 Å². The van der Waals surface area contributed by atoms with E-state index in [1.165, 1.54) is 0 Å². The minimum Gasteiger partial charge on any atom is -0.497 e. The second-order valence-corrected chi connectivity index (χ2v) is 4.47. The fraction of sp³-hybridized carbons (Fsp3) is 0.364. The molecule has 1 aliphatic carbocycles. The summed E-state index contributed by atoms with van der Waals surface area (Å²) in [6.07, 6.45) is 1.66. The van der Waals surface area contributed by atoms with Crippen LogP contribution in [0.2, 0.25) is 10.0 Å². The molecule has 0 N–H and O–H groups in total. The minimum atomic E-state index is -0.458. The standard InChI is InChI=1S/C11H9Cl2NO/c1-15-7-4-8(12)10(9(13)5-7)11(6-14)2-3-11/h4-5H,2-3H2,1H3. The summed E-state index contributed by atoms with van der Waals surface area (Å²) in [7, 11) is 1.55. The van der Waals surface area contributed by atoms with Gasteiger partial charge in [-0.1, -0.05) is 23.2 Å². The van der Waals surface area contributed by atoms with Crippen molar-refractivity contribution in [2.45, 2.75) is 18.3 Å². The number of hydrogen-bond donors (Lipinski definition) is 0. The lowest BCUT2D eigenvalue weighted by Gasteiger charge is -2.12. The lowest BCUT2D eigenvalue weighted by atomic mass is 9.97. The number of methoxy groups -OCH3 is 1. The molecule has 1 aromatic rings. The highest BCUT2D eigenvalue weighted by Crippen LogP contribution is 2.53. The summed E-state index contributed by atoms with van der Waals surface area (Å²) in [5.41, 5.74) is 0.287. The predicted octanol–water partition coefficient (Wildman–Crippen LogP) is 3.56. The molecule has 1 saturated carbocycles. The smallest absolute Gasteiger partial charge is 0.121 e. The van der Waals surface area contributed by atoms with Crippen molar-refractivity contribution >= 4 is 23.2 Å². The van der Waals surface area contributed by atoms with Crippen molar-refractivity contribution in [1.82, 2.24) is 0 Å². The van der Waals surface area contributed by atoms with E-state index in [1.54, 1.807) is 19.2 Å². The van der Waals surface area contributed by atoms with Crippen LogP contribution in [0.25, 0.3) is 0 Å². The zero-order chi connectivity index (χ0) is 11.1. The fourth-order valence-electron chi connectivity index (χ4n) is 1.67. The average molecular weight is 242 g/mol. The first-order valence-electron chi connectivity index (χ1n) is 4.58. The zero-order valence-electron chi connectivity index (χ0n) is 8.18. The molecule has 1 aromatic carbocycles. The molecule has 2 rings (SSSR count). The van der Waals surface area contributed by atoms with Gasteiger partial charge in [0, 0.05) is 5.56 Å². The molecule has 0 atom stereocenters. The van der Waals surface area contributed by atoms with Crippen LogP contribution in [0.3, 0.4) is 0 Å². The topological polar surface area (TPSA) is 33.0 Å². The maximum absolute atomic E-state index is 9.09. The maximum atomic E-state index is 9.09. The van der Waals surface area contributed by atoms with E-state index in [0.29, 0.717) is 15.8 Å². The van der Waals surface area contributed by atoms with E-state index >= 15 is 0 Å². The van der Waals surface area contributed by atoms with E-state index in [0.717, 1.165) is 18.4 Å². The van der Waals surface area contributed by atoms with E-state index in [4.69, 9.17) is 33.2 Å². The fourth-order valence-corrected chi connectivity index (χ4v) is 2.50. The molecule has 0 saturated heterocycles. The third-order valence-corrected chi connectivity index (χ3v) is 3.29. The lowest BCUT2D eigenvalue weighted by molar-refractivity contribution is 0.414. The summed E-state index contributed by atoms with van der Waals surface area (Å²) in [6, 6.07) is 5.67. The van der Waals surface area contributed by atoms with Crippen LogP contribution in [0.5, 0.6) is 5.75 Å². The van der Waals surface area contributed by atoms with Crippen molar-refractivity contribution < 1.29 is 4.74 Å². The van der Waals surface area contributed by atoms with Gasteiger partial charge in [0.25, 0.3) is 0 Å². The summed E-state index contributed by atoms with van der Waals surface area (Å²) in [5.74, 6) is 0.613. The van der Waals surface area contributed by atoms with Gasteiger partial charge in [-0.2, -0.15) is 5.26 Å². The molecule has 0 heterocycles. The minimum absolute atomic E-state index is 0.458. The molecule has 4 heteroatoms. The van der Waals surface area contributed by atoms with Gasteiger partial charge in [0.1, 0.15) is 5.75 Å². The molecular formula is C11H9Cl2NO. The second kappa shape index (κ2) is 3.59. The Morgan fingerprint density at radius 1 is 1.33 bits per heavy atom. The molecule has 15 heavy (non-hydrogen) atoms. The Kier molecular flexibility index (Phi) is 2.54. The van der Waals surface area contributed by atoms with Crippen LogP contribution < -0.4 is 4.74 Å². The Hall–Kier alpha value is -0.910. The molecule has 2 nitrogen and oxygen atoms in total.